The highest BCUT2D eigenvalue weighted by atomic mass is 127. The van der Waals surface area contributed by atoms with Gasteiger partial charge >= 0.3 is 0 Å². The van der Waals surface area contributed by atoms with Crippen LogP contribution in [0.25, 0.3) is 0 Å². The Kier molecular flexibility index (Phi) is 5.73. The van der Waals surface area contributed by atoms with Gasteiger partial charge in [0, 0.05) is 25.8 Å². The second-order valence-electron chi connectivity index (χ2n) is 8.68. The maximum atomic E-state index is 5.66. The third kappa shape index (κ3) is 3.96. The van der Waals surface area contributed by atoms with E-state index < -0.39 is 0 Å². The maximum absolute atomic E-state index is 5.66. The first-order valence-corrected chi connectivity index (χ1v) is 13.0. The Morgan fingerprint density at radius 1 is 1.15 bits per heavy atom. The van der Waals surface area contributed by atoms with Crippen molar-refractivity contribution in [3.63, 3.8) is 0 Å². The molecule has 6 rings (SSSR count). The number of aromatic nitrogens is 1. The zero-order valence-electron chi connectivity index (χ0n) is 18.4. The SMILES string of the molecule is C/C(=N\Nc1ccc(I)cn1)c1ccc2c(c1)C1C=CCC1C(c1cc3c(cc1Br)OCO3)N2. The Morgan fingerprint density at radius 3 is 2.82 bits per heavy atom. The molecule has 2 aromatic carbocycles. The van der Waals surface area contributed by atoms with Gasteiger partial charge in [-0.3, -0.25) is 5.43 Å². The number of hydrazone groups is 1. The number of hydrogen-bond acceptors (Lipinski definition) is 6. The molecule has 3 unspecified atom stereocenters. The molecule has 1 aliphatic carbocycles. The largest absolute Gasteiger partial charge is 0.454 e. The highest BCUT2D eigenvalue weighted by Crippen LogP contribution is 2.52. The third-order valence-corrected chi connectivity index (χ3v) is 8.00. The van der Waals surface area contributed by atoms with Crippen LogP contribution in [0, 0.1) is 9.49 Å². The van der Waals surface area contributed by atoms with E-state index in [0.717, 1.165) is 48.7 Å². The average molecular weight is 629 g/mol. The standard InChI is InChI=1S/C26H22BrIN4O2/c1-14(31-32-25-8-6-16(28)12-29-25)15-5-7-22-19(9-15)17-3-2-4-18(17)26(30-22)20-10-23-24(11-21(20)27)34-13-33-23/h2-3,5-12,17-18,26,30H,4,13H2,1H3,(H,29,32)/b31-14+. The van der Waals surface area contributed by atoms with Gasteiger partial charge in [0.1, 0.15) is 5.82 Å². The normalized spacial score (nSPS) is 22.2. The van der Waals surface area contributed by atoms with E-state index in [1.54, 1.807) is 0 Å². The quantitative estimate of drug-likeness (QED) is 0.143. The number of pyridine rings is 1. The lowest BCUT2D eigenvalue weighted by Gasteiger charge is -2.38. The second kappa shape index (κ2) is 8.88. The van der Waals surface area contributed by atoms with Gasteiger partial charge in [-0.1, -0.05) is 34.1 Å². The van der Waals surface area contributed by atoms with Crippen LogP contribution in [0.4, 0.5) is 11.5 Å². The second-order valence-corrected chi connectivity index (χ2v) is 10.8. The number of nitrogens with one attached hydrogen (secondary N) is 2. The van der Waals surface area contributed by atoms with Crippen LogP contribution >= 0.6 is 38.5 Å². The van der Waals surface area contributed by atoms with Gasteiger partial charge < -0.3 is 14.8 Å². The van der Waals surface area contributed by atoms with E-state index >= 15 is 0 Å². The van der Waals surface area contributed by atoms with Gasteiger partial charge in [0.15, 0.2) is 11.5 Å². The number of anilines is 2. The molecule has 3 aromatic rings. The van der Waals surface area contributed by atoms with Crippen molar-refractivity contribution in [3.05, 3.63) is 85.5 Å². The fourth-order valence-corrected chi connectivity index (χ4v) is 5.83. The lowest BCUT2D eigenvalue weighted by molar-refractivity contribution is 0.174. The molecule has 3 heterocycles. The summed E-state index contributed by atoms with van der Waals surface area (Å²) < 4.78 is 13.3. The Labute approximate surface area is 220 Å². The highest BCUT2D eigenvalue weighted by Gasteiger charge is 2.39. The number of fused-ring (bicyclic) bond motifs is 4. The summed E-state index contributed by atoms with van der Waals surface area (Å²) in [7, 11) is 0. The molecule has 6 nitrogen and oxygen atoms in total. The van der Waals surface area contributed by atoms with E-state index in [4.69, 9.17) is 9.47 Å². The Balaban J connectivity index is 1.30. The van der Waals surface area contributed by atoms with Crippen LogP contribution in [0.2, 0.25) is 0 Å². The first kappa shape index (κ1) is 21.9. The molecule has 3 atom stereocenters. The van der Waals surface area contributed by atoms with Crippen LogP contribution in [0.5, 0.6) is 11.5 Å². The zero-order valence-corrected chi connectivity index (χ0v) is 22.1. The fourth-order valence-electron chi connectivity index (χ4n) is 4.95. The van der Waals surface area contributed by atoms with Gasteiger partial charge in [-0.25, -0.2) is 4.98 Å². The summed E-state index contributed by atoms with van der Waals surface area (Å²) in [5.74, 6) is 3.10. The van der Waals surface area contributed by atoms with Crippen LogP contribution in [-0.4, -0.2) is 17.5 Å². The van der Waals surface area contributed by atoms with Gasteiger partial charge in [-0.15, -0.1) is 0 Å². The van der Waals surface area contributed by atoms with Crippen molar-refractivity contribution in [2.75, 3.05) is 17.5 Å². The minimum atomic E-state index is 0.172. The van der Waals surface area contributed by atoms with E-state index in [2.05, 4.69) is 95.8 Å². The number of allylic oxidation sites excluding steroid dienone is 2. The van der Waals surface area contributed by atoms with Crippen LogP contribution in [0.15, 0.2) is 70.4 Å². The Morgan fingerprint density at radius 2 is 2.00 bits per heavy atom. The summed E-state index contributed by atoms with van der Waals surface area (Å²) >= 11 is 6.01. The fraction of sp³-hybridized carbons (Fsp3) is 0.231. The minimum absolute atomic E-state index is 0.172. The van der Waals surface area contributed by atoms with Gasteiger partial charge in [0.25, 0.3) is 0 Å². The van der Waals surface area contributed by atoms with Crippen LogP contribution < -0.4 is 20.2 Å². The Bertz CT molecular complexity index is 1330. The summed E-state index contributed by atoms with van der Waals surface area (Å²) in [5, 5.41) is 8.38. The number of nitrogens with zero attached hydrogens (tertiary/aromatic N) is 2. The molecule has 0 spiro atoms. The summed E-state index contributed by atoms with van der Waals surface area (Å²) in [6.45, 7) is 2.30. The third-order valence-electron chi connectivity index (χ3n) is 6.67. The molecule has 34 heavy (non-hydrogen) atoms. The molecule has 0 fully saturated rings. The van der Waals surface area contributed by atoms with Gasteiger partial charge in [0.2, 0.25) is 6.79 Å². The Hall–Kier alpha value is -2.59. The molecule has 1 aromatic heterocycles. The predicted molar refractivity (Wildman–Crippen MR) is 146 cm³/mol. The smallest absolute Gasteiger partial charge is 0.231 e. The van der Waals surface area contributed by atoms with E-state index in [-0.39, 0.29) is 12.8 Å². The molecule has 172 valence electrons. The van der Waals surface area contributed by atoms with Gasteiger partial charge in [-0.05, 0) is 94.9 Å². The molecule has 0 saturated carbocycles. The van der Waals surface area contributed by atoms with E-state index in [0.29, 0.717) is 11.8 Å². The number of halogens is 2. The molecule has 0 saturated heterocycles. The summed E-state index contributed by atoms with van der Waals surface area (Å²) in [4.78, 5) is 4.36. The van der Waals surface area contributed by atoms with E-state index in [1.165, 1.54) is 11.1 Å². The lowest BCUT2D eigenvalue weighted by atomic mass is 9.76. The number of ether oxygens (including phenoxy) is 2. The van der Waals surface area contributed by atoms with Gasteiger partial charge in [0.05, 0.1) is 11.8 Å². The van der Waals surface area contributed by atoms with Crippen molar-refractivity contribution in [1.82, 2.24) is 4.98 Å². The molecule has 2 N–H and O–H groups in total. The van der Waals surface area contributed by atoms with Crippen molar-refractivity contribution in [1.29, 1.82) is 0 Å². The van der Waals surface area contributed by atoms with Crippen LogP contribution in [-0.2, 0) is 0 Å². The highest BCUT2D eigenvalue weighted by molar-refractivity contribution is 14.1. The molecule has 2 aliphatic heterocycles. The molecule has 3 aliphatic rings. The van der Waals surface area contributed by atoms with Crippen LogP contribution in [0.1, 0.15) is 42.0 Å². The molecule has 0 radical (unpaired) electrons. The molecule has 8 heteroatoms. The van der Waals surface area contributed by atoms with E-state index in [9.17, 15) is 0 Å². The maximum Gasteiger partial charge on any atom is 0.231 e. The molecular weight excluding hydrogens is 607 g/mol. The van der Waals surface area contributed by atoms with Crippen molar-refractivity contribution in [3.8, 4) is 11.5 Å². The number of hydrogen-bond donors (Lipinski definition) is 2. The van der Waals surface area contributed by atoms with Crippen molar-refractivity contribution < 1.29 is 9.47 Å². The molecular formula is C26H22BrIN4O2. The summed E-state index contributed by atoms with van der Waals surface area (Å²) in [5.41, 5.74) is 8.75. The number of rotatable bonds is 4. The van der Waals surface area contributed by atoms with E-state index in [1.807, 2.05) is 31.3 Å². The lowest BCUT2D eigenvalue weighted by Crippen LogP contribution is -2.29. The van der Waals surface area contributed by atoms with Gasteiger partial charge in [-0.2, -0.15) is 5.10 Å². The average Bonchev–Trinajstić information content (AvgIpc) is 3.52. The van der Waals surface area contributed by atoms with Crippen molar-refractivity contribution in [2.24, 2.45) is 11.0 Å². The first-order valence-electron chi connectivity index (χ1n) is 11.2. The predicted octanol–water partition coefficient (Wildman–Crippen LogP) is 6.84. The first-order chi connectivity index (χ1) is 16.6. The summed E-state index contributed by atoms with van der Waals surface area (Å²) in [6.07, 6.45) is 7.50. The number of benzene rings is 2. The summed E-state index contributed by atoms with van der Waals surface area (Å²) in [6, 6.07) is 14.8. The zero-order chi connectivity index (χ0) is 23.2. The van der Waals surface area contributed by atoms with Crippen molar-refractivity contribution in [2.45, 2.75) is 25.3 Å². The van der Waals surface area contributed by atoms with Crippen LogP contribution in [0.3, 0.4) is 0 Å². The molecule has 0 amide bonds. The van der Waals surface area contributed by atoms with Crippen molar-refractivity contribution >= 4 is 55.7 Å². The topological polar surface area (TPSA) is 67.8 Å². The minimum Gasteiger partial charge on any atom is -0.454 e. The molecule has 0 bridgehead atoms. The monoisotopic (exact) mass is 628 g/mol.